The standard InChI is InChI=1S/C13H7BrCl3F/c14-13(7-1-4-10(16)12(18)5-7)9-3-2-8(15)6-11(9)17/h1-6,13H. The highest BCUT2D eigenvalue weighted by atomic mass is 79.9. The van der Waals surface area contributed by atoms with E-state index in [9.17, 15) is 4.39 Å². The lowest BCUT2D eigenvalue weighted by atomic mass is 10.0. The first-order chi connectivity index (χ1) is 8.49. The Morgan fingerprint density at radius 3 is 2.28 bits per heavy atom. The summed E-state index contributed by atoms with van der Waals surface area (Å²) in [6.07, 6.45) is 0. The molecule has 18 heavy (non-hydrogen) atoms. The molecule has 2 aromatic rings. The largest absolute Gasteiger partial charge is 0.205 e. The molecule has 0 aliphatic carbocycles. The van der Waals surface area contributed by atoms with Gasteiger partial charge < -0.3 is 0 Å². The Bertz CT molecular complexity index is 586. The van der Waals surface area contributed by atoms with Gasteiger partial charge in [-0.1, -0.05) is 62.9 Å². The summed E-state index contributed by atoms with van der Waals surface area (Å²) in [6.45, 7) is 0. The van der Waals surface area contributed by atoms with Crippen molar-refractivity contribution in [1.29, 1.82) is 0 Å². The quantitative estimate of drug-likeness (QED) is 0.548. The van der Waals surface area contributed by atoms with E-state index < -0.39 is 5.82 Å². The lowest BCUT2D eigenvalue weighted by molar-refractivity contribution is 0.626. The molecule has 0 saturated heterocycles. The van der Waals surface area contributed by atoms with E-state index in [-0.39, 0.29) is 9.85 Å². The molecule has 1 unspecified atom stereocenters. The summed E-state index contributed by atoms with van der Waals surface area (Å²) in [5.74, 6) is -0.455. The highest BCUT2D eigenvalue weighted by molar-refractivity contribution is 9.09. The van der Waals surface area contributed by atoms with Crippen LogP contribution in [-0.4, -0.2) is 0 Å². The van der Waals surface area contributed by atoms with E-state index in [1.165, 1.54) is 12.1 Å². The Kier molecular flexibility index (Phi) is 4.54. The fourth-order valence-corrected chi connectivity index (χ4v) is 3.01. The smallest absolute Gasteiger partial charge is 0.142 e. The summed E-state index contributed by atoms with van der Waals surface area (Å²) in [7, 11) is 0. The maximum atomic E-state index is 13.4. The first-order valence-electron chi connectivity index (χ1n) is 5.03. The normalized spacial score (nSPS) is 12.5. The molecule has 2 aromatic carbocycles. The van der Waals surface area contributed by atoms with Crippen molar-refractivity contribution in [2.75, 3.05) is 0 Å². The maximum absolute atomic E-state index is 13.4. The van der Waals surface area contributed by atoms with Crippen LogP contribution in [0, 0.1) is 5.82 Å². The predicted molar refractivity (Wildman–Crippen MR) is 78.6 cm³/mol. The highest BCUT2D eigenvalue weighted by Crippen LogP contribution is 2.37. The molecule has 0 fully saturated rings. The molecule has 0 heterocycles. The second-order valence-corrected chi connectivity index (χ2v) is 5.87. The van der Waals surface area contributed by atoms with Crippen LogP contribution in [0.4, 0.5) is 4.39 Å². The second-order valence-electron chi connectivity index (χ2n) is 3.70. The number of benzene rings is 2. The van der Waals surface area contributed by atoms with Crippen molar-refractivity contribution in [3.63, 3.8) is 0 Å². The molecule has 0 N–H and O–H groups in total. The van der Waals surface area contributed by atoms with Gasteiger partial charge in [0.1, 0.15) is 5.82 Å². The topological polar surface area (TPSA) is 0 Å². The first kappa shape index (κ1) is 14.1. The van der Waals surface area contributed by atoms with Crippen molar-refractivity contribution in [3.8, 4) is 0 Å². The van der Waals surface area contributed by atoms with Gasteiger partial charge >= 0.3 is 0 Å². The van der Waals surface area contributed by atoms with Crippen LogP contribution >= 0.6 is 50.7 Å². The molecule has 0 aromatic heterocycles. The van der Waals surface area contributed by atoms with Gasteiger partial charge in [0.15, 0.2) is 0 Å². The van der Waals surface area contributed by atoms with Crippen LogP contribution in [-0.2, 0) is 0 Å². The van der Waals surface area contributed by atoms with E-state index in [2.05, 4.69) is 15.9 Å². The highest BCUT2D eigenvalue weighted by Gasteiger charge is 2.15. The SMILES string of the molecule is Fc1cc(C(Br)c2ccc(Cl)cc2Cl)ccc1Cl. The van der Waals surface area contributed by atoms with Crippen molar-refractivity contribution >= 4 is 50.7 Å². The van der Waals surface area contributed by atoms with E-state index in [4.69, 9.17) is 34.8 Å². The third kappa shape index (κ3) is 3.00. The zero-order valence-electron chi connectivity index (χ0n) is 8.93. The van der Waals surface area contributed by atoms with Crippen molar-refractivity contribution < 1.29 is 4.39 Å². The molecule has 0 bridgehead atoms. The fraction of sp³-hybridized carbons (Fsp3) is 0.0769. The van der Waals surface area contributed by atoms with E-state index in [1.807, 2.05) is 0 Å². The van der Waals surface area contributed by atoms with E-state index in [0.29, 0.717) is 10.0 Å². The second kappa shape index (κ2) is 5.79. The summed E-state index contributed by atoms with van der Waals surface area (Å²) in [4.78, 5) is -0.214. The molecule has 1 atom stereocenters. The van der Waals surface area contributed by atoms with Gasteiger partial charge in [-0.15, -0.1) is 0 Å². The van der Waals surface area contributed by atoms with Crippen LogP contribution in [0.2, 0.25) is 15.1 Å². The Hall–Kier alpha value is -0.280. The summed E-state index contributed by atoms with van der Waals surface area (Å²) in [5, 5.41) is 1.19. The van der Waals surface area contributed by atoms with Gasteiger partial charge in [-0.2, -0.15) is 0 Å². The Morgan fingerprint density at radius 2 is 1.67 bits per heavy atom. The molecular weight excluding hydrogens is 361 g/mol. The molecule has 0 radical (unpaired) electrons. The van der Waals surface area contributed by atoms with Gasteiger partial charge in [-0.3, -0.25) is 0 Å². The minimum absolute atomic E-state index is 0.0978. The molecule has 0 spiro atoms. The van der Waals surface area contributed by atoms with E-state index in [0.717, 1.165) is 11.1 Å². The molecule has 5 heteroatoms. The van der Waals surface area contributed by atoms with Gasteiger partial charge in [0.2, 0.25) is 0 Å². The van der Waals surface area contributed by atoms with Crippen LogP contribution in [0.3, 0.4) is 0 Å². The molecule has 0 nitrogen and oxygen atoms in total. The van der Waals surface area contributed by atoms with Crippen LogP contribution in [0.15, 0.2) is 36.4 Å². The zero-order valence-corrected chi connectivity index (χ0v) is 12.8. The summed E-state index contributed by atoms with van der Waals surface area (Å²) in [6, 6.07) is 9.84. The molecule has 0 saturated carbocycles. The minimum Gasteiger partial charge on any atom is -0.205 e. The average molecular weight is 368 g/mol. The van der Waals surface area contributed by atoms with Crippen LogP contribution in [0.25, 0.3) is 0 Å². The van der Waals surface area contributed by atoms with Gasteiger partial charge in [-0.05, 0) is 35.4 Å². The Labute approximate surface area is 128 Å². The number of rotatable bonds is 2. The van der Waals surface area contributed by atoms with Crippen LogP contribution in [0.5, 0.6) is 0 Å². The molecular formula is C13H7BrCl3F. The molecule has 0 aliphatic heterocycles. The lowest BCUT2D eigenvalue weighted by Gasteiger charge is -2.13. The van der Waals surface area contributed by atoms with Crippen molar-refractivity contribution in [1.82, 2.24) is 0 Å². The molecule has 0 amide bonds. The maximum Gasteiger partial charge on any atom is 0.142 e. The monoisotopic (exact) mass is 366 g/mol. The summed E-state index contributed by atoms with van der Waals surface area (Å²) in [5.41, 5.74) is 1.56. The summed E-state index contributed by atoms with van der Waals surface area (Å²) >= 11 is 21.1. The number of hydrogen-bond acceptors (Lipinski definition) is 0. The fourth-order valence-electron chi connectivity index (χ4n) is 1.56. The molecule has 0 aliphatic rings. The number of halogens is 5. The van der Waals surface area contributed by atoms with E-state index >= 15 is 0 Å². The molecule has 2 rings (SSSR count). The minimum atomic E-state index is -0.455. The number of hydrogen-bond donors (Lipinski definition) is 0. The van der Waals surface area contributed by atoms with Crippen LogP contribution in [0.1, 0.15) is 16.0 Å². The van der Waals surface area contributed by atoms with Crippen molar-refractivity contribution in [2.45, 2.75) is 4.83 Å². The Morgan fingerprint density at radius 1 is 0.944 bits per heavy atom. The zero-order chi connectivity index (χ0) is 13.3. The third-order valence-electron chi connectivity index (χ3n) is 2.47. The summed E-state index contributed by atoms with van der Waals surface area (Å²) < 4.78 is 13.4. The van der Waals surface area contributed by atoms with Gasteiger partial charge in [0, 0.05) is 10.0 Å². The predicted octanol–water partition coefficient (Wildman–Crippen LogP) is 6.27. The number of alkyl halides is 1. The van der Waals surface area contributed by atoms with Crippen molar-refractivity contribution in [3.05, 3.63) is 68.4 Å². The third-order valence-corrected chi connectivity index (χ3v) is 4.36. The lowest BCUT2D eigenvalue weighted by Crippen LogP contribution is -1.95. The van der Waals surface area contributed by atoms with E-state index in [1.54, 1.807) is 24.3 Å². The van der Waals surface area contributed by atoms with Gasteiger partial charge in [0.05, 0.1) is 9.85 Å². The van der Waals surface area contributed by atoms with Crippen LogP contribution < -0.4 is 0 Å². The van der Waals surface area contributed by atoms with Crippen molar-refractivity contribution in [2.24, 2.45) is 0 Å². The Balaban J connectivity index is 2.41. The van der Waals surface area contributed by atoms with Gasteiger partial charge in [0.25, 0.3) is 0 Å². The van der Waals surface area contributed by atoms with Gasteiger partial charge in [-0.25, -0.2) is 4.39 Å². The molecule has 94 valence electrons. The first-order valence-corrected chi connectivity index (χ1v) is 7.08. The average Bonchev–Trinajstić information content (AvgIpc) is 2.32.